The Morgan fingerprint density at radius 2 is 1.76 bits per heavy atom. The van der Waals surface area contributed by atoms with Gasteiger partial charge in [0, 0.05) is 6.54 Å². The summed E-state index contributed by atoms with van der Waals surface area (Å²) in [5.74, 6) is 0.821. The summed E-state index contributed by atoms with van der Waals surface area (Å²) in [4.78, 5) is 0. The smallest absolute Gasteiger partial charge is 0.119 e. The van der Waals surface area contributed by atoms with Crippen molar-refractivity contribution in [1.29, 1.82) is 0 Å². The molecule has 0 saturated carbocycles. The number of benzene rings is 2. The molecule has 21 heavy (non-hydrogen) atoms. The van der Waals surface area contributed by atoms with E-state index >= 15 is 0 Å². The zero-order valence-corrected chi connectivity index (χ0v) is 11.5. The SMILES string of the molecule is NCc1cn(-c2ccc(OCc3ccccc3)cc2)nn1. The van der Waals surface area contributed by atoms with Gasteiger partial charge in [0.2, 0.25) is 0 Å². The second-order valence-corrected chi connectivity index (χ2v) is 4.63. The predicted octanol–water partition coefficient (Wildman–Crippen LogP) is 2.31. The zero-order valence-electron chi connectivity index (χ0n) is 11.5. The molecule has 0 spiro atoms. The van der Waals surface area contributed by atoms with E-state index in [1.54, 1.807) is 4.68 Å². The maximum absolute atomic E-state index is 5.74. The summed E-state index contributed by atoms with van der Waals surface area (Å²) in [5, 5.41) is 7.99. The Bertz CT molecular complexity index is 692. The molecule has 106 valence electrons. The Labute approximate surface area is 123 Å². The monoisotopic (exact) mass is 280 g/mol. The van der Waals surface area contributed by atoms with Crippen LogP contribution in [0.3, 0.4) is 0 Å². The van der Waals surface area contributed by atoms with Crippen molar-refractivity contribution in [3.05, 3.63) is 72.1 Å². The fourth-order valence-electron chi connectivity index (χ4n) is 1.95. The van der Waals surface area contributed by atoms with Crippen molar-refractivity contribution in [1.82, 2.24) is 15.0 Å². The molecule has 1 aromatic heterocycles. The topological polar surface area (TPSA) is 66.0 Å². The van der Waals surface area contributed by atoms with Crippen LogP contribution in [0.4, 0.5) is 0 Å². The van der Waals surface area contributed by atoms with Gasteiger partial charge in [-0.2, -0.15) is 0 Å². The molecule has 0 bridgehead atoms. The summed E-state index contributed by atoms with van der Waals surface area (Å²) in [6, 6.07) is 17.8. The summed E-state index contributed by atoms with van der Waals surface area (Å²) in [7, 11) is 0. The largest absolute Gasteiger partial charge is 0.489 e. The Kier molecular flexibility index (Phi) is 3.93. The summed E-state index contributed by atoms with van der Waals surface area (Å²) < 4.78 is 7.44. The van der Waals surface area contributed by atoms with Gasteiger partial charge >= 0.3 is 0 Å². The summed E-state index contributed by atoms with van der Waals surface area (Å²) in [5.41, 5.74) is 8.36. The molecule has 0 aliphatic rings. The highest BCUT2D eigenvalue weighted by Gasteiger charge is 2.02. The number of nitrogens with zero attached hydrogens (tertiary/aromatic N) is 3. The maximum Gasteiger partial charge on any atom is 0.119 e. The van der Waals surface area contributed by atoms with Crippen molar-refractivity contribution in [3.63, 3.8) is 0 Å². The van der Waals surface area contributed by atoms with Crippen molar-refractivity contribution >= 4 is 0 Å². The fourth-order valence-corrected chi connectivity index (χ4v) is 1.95. The van der Waals surface area contributed by atoms with E-state index in [-0.39, 0.29) is 0 Å². The molecule has 0 saturated heterocycles. The normalized spacial score (nSPS) is 10.5. The molecule has 2 aromatic carbocycles. The summed E-state index contributed by atoms with van der Waals surface area (Å²) >= 11 is 0. The minimum atomic E-state index is 0.387. The quantitative estimate of drug-likeness (QED) is 0.779. The van der Waals surface area contributed by atoms with E-state index in [0.29, 0.717) is 13.2 Å². The van der Waals surface area contributed by atoms with Gasteiger partial charge in [-0.3, -0.25) is 0 Å². The van der Waals surface area contributed by atoms with Crippen LogP contribution in [0.1, 0.15) is 11.3 Å². The molecule has 1 heterocycles. The highest BCUT2D eigenvalue weighted by atomic mass is 16.5. The van der Waals surface area contributed by atoms with Crippen LogP contribution in [0.2, 0.25) is 0 Å². The first-order valence-electron chi connectivity index (χ1n) is 6.73. The van der Waals surface area contributed by atoms with Gasteiger partial charge in [0.25, 0.3) is 0 Å². The van der Waals surface area contributed by atoms with Crippen LogP contribution in [0.5, 0.6) is 5.75 Å². The van der Waals surface area contributed by atoms with Gasteiger partial charge in [-0.15, -0.1) is 5.10 Å². The van der Waals surface area contributed by atoms with Crippen LogP contribution in [-0.4, -0.2) is 15.0 Å². The van der Waals surface area contributed by atoms with Gasteiger partial charge in [-0.1, -0.05) is 35.5 Å². The van der Waals surface area contributed by atoms with E-state index in [1.165, 1.54) is 0 Å². The minimum absolute atomic E-state index is 0.387. The van der Waals surface area contributed by atoms with Crippen molar-refractivity contribution in [2.45, 2.75) is 13.2 Å². The molecule has 3 rings (SSSR count). The molecule has 5 heteroatoms. The molecule has 0 unspecified atom stereocenters. The average molecular weight is 280 g/mol. The van der Waals surface area contributed by atoms with Crippen LogP contribution in [-0.2, 0) is 13.2 Å². The van der Waals surface area contributed by atoms with E-state index in [9.17, 15) is 0 Å². The molecular formula is C16H16N4O. The molecule has 0 amide bonds. The maximum atomic E-state index is 5.74. The molecule has 0 fully saturated rings. The third kappa shape index (κ3) is 3.27. The molecule has 0 aliphatic heterocycles. The van der Waals surface area contributed by atoms with Crippen LogP contribution in [0.25, 0.3) is 5.69 Å². The second-order valence-electron chi connectivity index (χ2n) is 4.63. The van der Waals surface area contributed by atoms with Crippen molar-refractivity contribution in [2.75, 3.05) is 0 Å². The van der Waals surface area contributed by atoms with Gasteiger partial charge in [0.05, 0.1) is 17.6 Å². The molecule has 0 radical (unpaired) electrons. The van der Waals surface area contributed by atoms with Gasteiger partial charge in [-0.05, 0) is 29.8 Å². The number of ether oxygens (including phenoxy) is 1. The fraction of sp³-hybridized carbons (Fsp3) is 0.125. The van der Waals surface area contributed by atoms with Gasteiger partial charge < -0.3 is 10.5 Å². The molecule has 0 atom stereocenters. The standard InChI is InChI=1S/C16H16N4O/c17-10-14-11-20(19-18-14)15-6-8-16(9-7-15)21-12-13-4-2-1-3-5-13/h1-9,11H,10,12,17H2. The summed E-state index contributed by atoms with van der Waals surface area (Å²) in [6.07, 6.45) is 1.82. The van der Waals surface area contributed by atoms with E-state index in [1.807, 2.05) is 60.8 Å². The minimum Gasteiger partial charge on any atom is -0.489 e. The Hall–Kier alpha value is -2.66. The van der Waals surface area contributed by atoms with Gasteiger partial charge in [0.1, 0.15) is 12.4 Å². The van der Waals surface area contributed by atoms with E-state index < -0.39 is 0 Å². The number of aromatic nitrogens is 3. The number of hydrogen-bond donors (Lipinski definition) is 1. The van der Waals surface area contributed by atoms with Gasteiger partial charge in [0.15, 0.2) is 0 Å². The summed E-state index contributed by atoms with van der Waals surface area (Å²) in [6.45, 7) is 0.944. The van der Waals surface area contributed by atoms with Gasteiger partial charge in [-0.25, -0.2) is 4.68 Å². The molecule has 2 N–H and O–H groups in total. The highest BCUT2D eigenvalue weighted by Crippen LogP contribution is 2.16. The van der Waals surface area contributed by atoms with E-state index in [4.69, 9.17) is 10.5 Å². The lowest BCUT2D eigenvalue weighted by Crippen LogP contribution is -1.97. The first-order valence-corrected chi connectivity index (χ1v) is 6.73. The van der Waals surface area contributed by atoms with Crippen LogP contribution in [0.15, 0.2) is 60.8 Å². The molecular weight excluding hydrogens is 264 g/mol. The highest BCUT2D eigenvalue weighted by molar-refractivity contribution is 5.36. The molecule has 3 aromatic rings. The second kappa shape index (κ2) is 6.19. The number of hydrogen-bond acceptors (Lipinski definition) is 4. The predicted molar refractivity (Wildman–Crippen MR) is 80.0 cm³/mol. The Balaban J connectivity index is 1.66. The third-order valence-electron chi connectivity index (χ3n) is 3.10. The van der Waals surface area contributed by atoms with Crippen molar-refractivity contribution in [3.8, 4) is 11.4 Å². The van der Waals surface area contributed by atoms with E-state index in [2.05, 4.69) is 10.3 Å². The first-order chi connectivity index (χ1) is 10.3. The van der Waals surface area contributed by atoms with Crippen molar-refractivity contribution in [2.24, 2.45) is 5.73 Å². The number of rotatable bonds is 5. The van der Waals surface area contributed by atoms with Crippen LogP contribution < -0.4 is 10.5 Å². The lowest BCUT2D eigenvalue weighted by Gasteiger charge is -2.07. The van der Waals surface area contributed by atoms with Crippen LogP contribution in [0, 0.1) is 0 Å². The Morgan fingerprint density at radius 1 is 1.00 bits per heavy atom. The molecule has 0 aliphatic carbocycles. The zero-order chi connectivity index (χ0) is 14.5. The molecule has 5 nitrogen and oxygen atoms in total. The average Bonchev–Trinajstić information content (AvgIpc) is 3.03. The third-order valence-corrected chi connectivity index (χ3v) is 3.10. The van der Waals surface area contributed by atoms with Crippen LogP contribution >= 0.6 is 0 Å². The Morgan fingerprint density at radius 3 is 2.43 bits per heavy atom. The van der Waals surface area contributed by atoms with E-state index in [0.717, 1.165) is 22.7 Å². The van der Waals surface area contributed by atoms with Crippen molar-refractivity contribution < 1.29 is 4.74 Å². The lowest BCUT2D eigenvalue weighted by atomic mass is 10.2. The lowest BCUT2D eigenvalue weighted by molar-refractivity contribution is 0.306. The number of nitrogens with two attached hydrogens (primary N) is 1. The first kappa shape index (κ1) is 13.3.